The van der Waals surface area contributed by atoms with Crippen LogP contribution in [0.5, 0.6) is 0 Å². The average molecular weight is 423 g/mol. The first kappa shape index (κ1) is 22.5. The minimum atomic E-state index is -0.643. The summed E-state index contributed by atoms with van der Waals surface area (Å²) in [4.78, 5) is 31.0. The van der Waals surface area contributed by atoms with Gasteiger partial charge in [-0.15, -0.1) is 0 Å². The predicted molar refractivity (Wildman–Crippen MR) is 122 cm³/mol. The zero-order valence-corrected chi connectivity index (χ0v) is 18.5. The maximum atomic E-state index is 13.6. The van der Waals surface area contributed by atoms with Crippen LogP contribution in [-0.2, 0) is 4.74 Å². The van der Waals surface area contributed by atoms with Crippen molar-refractivity contribution in [2.75, 3.05) is 6.54 Å². The molecule has 0 saturated carbocycles. The van der Waals surface area contributed by atoms with Crippen molar-refractivity contribution in [2.24, 2.45) is 5.73 Å². The number of fused-ring (bicyclic) bond motifs is 1. The zero-order chi connectivity index (χ0) is 22.6. The van der Waals surface area contributed by atoms with Crippen molar-refractivity contribution < 1.29 is 9.53 Å². The summed E-state index contributed by atoms with van der Waals surface area (Å²) >= 11 is 0. The first-order valence-corrected chi connectivity index (χ1v) is 10.5. The molecule has 31 heavy (non-hydrogen) atoms. The van der Waals surface area contributed by atoms with E-state index in [1.54, 1.807) is 25.3 Å². The number of hydrogen-bond donors (Lipinski definition) is 2. The molecule has 7 nitrogen and oxygen atoms in total. The van der Waals surface area contributed by atoms with Crippen molar-refractivity contribution in [3.05, 3.63) is 70.3 Å². The molecule has 0 aliphatic rings. The molecule has 0 radical (unpaired) electrons. The van der Waals surface area contributed by atoms with Crippen molar-refractivity contribution in [3.8, 4) is 5.69 Å². The van der Waals surface area contributed by atoms with Crippen molar-refractivity contribution in [1.29, 1.82) is 0 Å². The van der Waals surface area contributed by atoms with Gasteiger partial charge in [-0.1, -0.05) is 30.3 Å². The van der Waals surface area contributed by atoms with Gasteiger partial charge in [0.05, 0.1) is 22.6 Å². The lowest BCUT2D eigenvalue weighted by Gasteiger charge is -2.25. The predicted octanol–water partition coefficient (Wildman–Crippen LogP) is 4.00. The van der Waals surface area contributed by atoms with E-state index in [4.69, 9.17) is 15.5 Å². The van der Waals surface area contributed by atoms with Gasteiger partial charge in [-0.3, -0.25) is 9.36 Å². The number of para-hydroxylation sites is 1. The molecule has 0 spiro atoms. The summed E-state index contributed by atoms with van der Waals surface area (Å²) in [5, 5.41) is 3.46. The Balaban J connectivity index is 2.20. The van der Waals surface area contributed by atoms with Crippen LogP contribution in [0.3, 0.4) is 0 Å². The Morgan fingerprint density at radius 1 is 1.16 bits per heavy atom. The molecule has 0 fully saturated rings. The molecule has 164 valence electrons. The number of ether oxygens (including phenoxy) is 1. The fourth-order valence-corrected chi connectivity index (χ4v) is 3.51. The normalized spacial score (nSPS) is 12.5. The monoisotopic (exact) mass is 422 g/mol. The second-order valence-corrected chi connectivity index (χ2v) is 8.54. The number of rotatable bonds is 6. The third-order valence-corrected chi connectivity index (χ3v) is 4.85. The molecular weight excluding hydrogens is 392 g/mol. The maximum Gasteiger partial charge on any atom is 0.408 e. The lowest BCUT2D eigenvalue weighted by atomic mass is 10.1. The molecule has 1 heterocycles. The molecule has 0 aliphatic heterocycles. The molecule has 3 aromatic rings. The molecule has 2 aromatic carbocycles. The molecule has 1 aromatic heterocycles. The Labute approximate surface area is 182 Å². The van der Waals surface area contributed by atoms with Crippen LogP contribution >= 0.6 is 0 Å². The minimum absolute atomic E-state index is 0.173. The molecule has 0 bridgehead atoms. The summed E-state index contributed by atoms with van der Waals surface area (Å²) in [5.41, 5.74) is 7.06. The Hall–Kier alpha value is -3.19. The number of nitrogens with one attached hydrogen (secondary N) is 1. The van der Waals surface area contributed by atoms with Crippen LogP contribution in [0.2, 0.25) is 0 Å². The third-order valence-electron chi connectivity index (χ3n) is 4.85. The quantitative estimate of drug-likeness (QED) is 0.626. The van der Waals surface area contributed by atoms with E-state index in [1.807, 2.05) is 55.5 Å². The van der Waals surface area contributed by atoms with Gasteiger partial charge in [0.25, 0.3) is 5.56 Å². The second kappa shape index (κ2) is 9.31. The molecule has 0 unspecified atom stereocenters. The van der Waals surface area contributed by atoms with Gasteiger partial charge >= 0.3 is 6.09 Å². The molecule has 3 rings (SSSR count). The summed E-state index contributed by atoms with van der Waals surface area (Å²) in [6.45, 7) is 7.76. The van der Waals surface area contributed by atoms with Gasteiger partial charge in [0.1, 0.15) is 11.4 Å². The molecule has 1 amide bonds. The number of aryl methyl sites for hydroxylation is 1. The van der Waals surface area contributed by atoms with E-state index in [1.165, 1.54) is 0 Å². The van der Waals surface area contributed by atoms with Crippen LogP contribution in [0.1, 0.15) is 51.0 Å². The van der Waals surface area contributed by atoms with Gasteiger partial charge in [-0.05, 0) is 70.8 Å². The Bertz CT molecular complexity index is 1120. The van der Waals surface area contributed by atoms with Gasteiger partial charge < -0.3 is 15.8 Å². The Morgan fingerprint density at radius 3 is 2.52 bits per heavy atom. The summed E-state index contributed by atoms with van der Waals surface area (Å²) in [6.07, 6.45) is 0.608. The number of carbonyl (C=O) groups is 1. The van der Waals surface area contributed by atoms with Crippen molar-refractivity contribution in [3.63, 3.8) is 0 Å². The number of benzene rings is 2. The molecule has 3 N–H and O–H groups in total. The van der Waals surface area contributed by atoms with E-state index in [0.29, 0.717) is 41.8 Å². The average Bonchev–Trinajstić information content (AvgIpc) is 2.70. The van der Waals surface area contributed by atoms with Crippen LogP contribution in [0.25, 0.3) is 16.6 Å². The topological polar surface area (TPSA) is 99.2 Å². The fourth-order valence-electron chi connectivity index (χ4n) is 3.51. The van der Waals surface area contributed by atoms with Gasteiger partial charge in [0.2, 0.25) is 0 Å². The van der Waals surface area contributed by atoms with Crippen LogP contribution in [-0.4, -0.2) is 27.8 Å². The highest BCUT2D eigenvalue weighted by Gasteiger charge is 2.25. The first-order valence-electron chi connectivity index (χ1n) is 10.5. The lowest BCUT2D eigenvalue weighted by Crippen LogP contribution is -2.38. The SMILES string of the molecule is Cc1cccc2nc([C@@H](CCCN)NC(=O)OC(C)(C)C)n(-c3ccccc3)c(=O)c12. The molecule has 7 heteroatoms. The van der Waals surface area contributed by atoms with E-state index >= 15 is 0 Å². The van der Waals surface area contributed by atoms with E-state index in [0.717, 1.165) is 5.56 Å². The number of hydrogen-bond acceptors (Lipinski definition) is 5. The van der Waals surface area contributed by atoms with Crippen LogP contribution < -0.4 is 16.6 Å². The van der Waals surface area contributed by atoms with Crippen molar-refractivity contribution in [2.45, 2.75) is 52.2 Å². The summed E-state index contributed by atoms with van der Waals surface area (Å²) in [6, 6.07) is 14.4. The molecule has 0 aliphatic carbocycles. The largest absolute Gasteiger partial charge is 0.444 e. The van der Waals surface area contributed by atoms with Gasteiger partial charge in [-0.2, -0.15) is 0 Å². The number of aromatic nitrogens is 2. The lowest BCUT2D eigenvalue weighted by molar-refractivity contribution is 0.0497. The maximum absolute atomic E-state index is 13.6. The summed E-state index contributed by atoms with van der Waals surface area (Å²) in [7, 11) is 0. The highest BCUT2D eigenvalue weighted by atomic mass is 16.6. The van der Waals surface area contributed by atoms with E-state index in [-0.39, 0.29) is 5.56 Å². The number of alkyl carbamates (subject to hydrolysis) is 1. The number of nitrogens with two attached hydrogens (primary N) is 1. The molecule has 0 saturated heterocycles. The van der Waals surface area contributed by atoms with Gasteiger partial charge in [-0.25, -0.2) is 9.78 Å². The Morgan fingerprint density at radius 2 is 1.87 bits per heavy atom. The summed E-state index contributed by atoms with van der Waals surface area (Å²) in [5.74, 6) is 0.452. The highest BCUT2D eigenvalue weighted by Crippen LogP contribution is 2.23. The van der Waals surface area contributed by atoms with Crippen molar-refractivity contribution >= 4 is 17.0 Å². The molecular formula is C24H30N4O3. The van der Waals surface area contributed by atoms with E-state index in [9.17, 15) is 9.59 Å². The first-order chi connectivity index (χ1) is 14.7. The standard InChI is InChI=1S/C24H30N4O3/c1-16-10-8-13-18-20(16)22(29)28(17-11-6-5-7-12-17)21(26-18)19(14-9-15-25)27-23(30)31-24(2,3)4/h5-8,10-13,19H,9,14-15,25H2,1-4H3,(H,27,30)/t19-/m1/s1. The van der Waals surface area contributed by atoms with Crippen LogP contribution in [0.4, 0.5) is 4.79 Å². The third kappa shape index (κ3) is 5.30. The van der Waals surface area contributed by atoms with Crippen LogP contribution in [0, 0.1) is 6.92 Å². The zero-order valence-electron chi connectivity index (χ0n) is 18.5. The second-order valence-electron chi connectivity index (χ2n) is 8.54. The van der Waals surface area contributed by atoms with Gasteiger partial charge in [0.15, 0.2) is 0 Å². The Kier molecular flexibility index (Phi) is 6.75. The highest BCUT2D eigenvalue weighted by molar-refractivity contribution is 5.81. The smallest absolute Gasteiger partial charge is 0.408 e. The van der Waals surface area contributed by atoms with E-state index < -0.39 is 17.7 Å². The number of nitrogens with zero attached hydrogens (tertiary/aromatic N) is 2. The molecule has 1 atom stereocenters. The summed E-state index contributed by atoms with van der Waals surface area (Å²) < 4.78 is 7.03. The van der Waals surface area contributed by atoms with Crippen molar-refractivity contribution in [1.82, 2.24) is 14.9 Å². The van der Waals surface area contributed by atoms with Gasteiger partial charge in [0, 0.05) is 0 Å². The van der Waals surface area contributed by atoms with Crippen LogP contribution in [0.15, 0.2) is 53.3 Å². The number of carbonyl (C=O) groups excluding carboxylic acids is 1. The number of amides is 1. The van der Waals surface area contributed by atoms with E-state index in [2.05, 4.69) is 5.32 Å². The fraction of sp³-hybridized carbons (Fsp3) is 0.375. The minimum Gasteiger partial charge on any atom is -0.444 e.